The predicted octanol–water partition coefficient (Wildman–Crippen LogP) is 4.17. The van der Waals surface area contributed by atoms with Gasteiger partial charge in [0.15, 0.2) is 0 Å². The standard InChI is InChI=1S/C24H30BrClN4O/c1-15(2)29(4)24(31)21-14-30(10-9-28(21)3)23-20-8-7-19(26)12-16(20)5-6-17-11-18(25)13-27-22(17)23/h7-8,11-13,15,21,23H,5-6,9-10,14H2,1-4H3/t21-,23+/m1/s1. The number of pyridine rings is 1. The van der Waals surface area contributed by atoms with E-state index >= 15 is 0 Å². The summed E-state index contributed by atoms with van der Waals surface area (Å²) in [6, 6.07) is 8.44. The topological polar surface area (TPSA) is 39.7 Å². The maximum Gasteiger partial charge on any atom is 0.241 e. The molecule has 5 nitrogen and oxygen atoms in total. The second-order valence-corrected chi connectivity index (χ2v) is 10.3. The van der Waals surface area contributed by atoms with Gasteiger partial charge in [0.05, 0.1) is 11.7 Å². The zero-order valence-corrected chi connectivity index (χ0v) is 20.9. The van der Waals surface area contributed by atoms with Crippen molar-refractivity contribution in [2.24, 2.45) is 0 Å². The summed E-state index contributed by atoms with van der Waals surface area (Å²) in [5.41, 5.74) is 4.88. The van der Waals surface area contributed by atoms with Gasteiger partial charge in [-0.2, -0.15) is 0 Å². The monoisotopic (exact) mass is 504 g/mol. The number of nitrogens with zero attached hydrogens (tertiary/aromatic N) is 4. The van der Waals surface area contributed by atoms with Gasteiger partial charge in [0.1, 0.15) is 6.04 Å². The number of benzene rings is 1. The first-order valence-corrected chi connectivity index (χ1v) is 12.1. The van der Waals surface area contributed by atoms with E-state index in [0.717, 1.165) is 41.1 Å². The van der Waals surface area contributed by atoms with Crippen LogP contribution in [0.2, 0.25) is 5.02 Å². The van der Waals surface area contributed by atoms with Crippen LogP contribution in [-0.4, -0.2) is 71.4 Å². The van der Waals surface area contributed by atoms with Crippen LogP contribution in [0.1, 0.15) is 42.3 Å². The van der Waals surface area contributed by atoms with E-state index in [0.29, 0.717) is 6.54 Å². The van der Waals surface area contributed by atoms with Gasteiger partial charge in [-0.05, 0) is 84.6 Å². The van der Waals surface area contributed by atoms with Gasteiger partial charge in [-0.25, -0.2) is 0 Å². The Morgan fingerprint density at radius 1 is 1.23 bits per heavy atom. The summed E-state index contributed by atoms with van der Waals surface area (Å²) < 4.78 is 0.999. The van der Waals surface area contributed by atoms with E-state index in [1.165, 1.54) is 16.7 Å². The minimum atomic E-state index is -0.168. The molecular formula is C24H30BrClN4O. The Kier molecular flexibility index (Phi) is 6.73. The van der Waals surface area contributed by atoms with Crippen molar-refractivity contribution in [2.45, 2.75) is 44.8 Å². The molecule has 1 aromatic heterocycles. The van der Waals surface area contributed by atoms with Crippen LogP contribution in [0.15, 0.2) is 34.9 Å². The van der Waals surface area contributed by atoms with Crippen molar-refractivity contribution in [3.8, 4) is 0 Å². The molecule has 2 atom stereocenters. The Labute approximate surface area is 198 Å². The zero-order valence-electron chi connectivity index (χ0n) is 18.6. The summed E-state index contributed by atoms with van der Waals surface area (Å²) in [6.07, 6.45) is 3.75. The van der Waals surface area contributed by atoms with Crippen LogP contribution in [0.4, 0.5) is 0 Å². The third-order valence-electron chi connectivity index (χ3n) is 6.74. The summed E-state index contributed by atoms with van der Waals surface area (Å²) in [4.78, 5) is 24.6. The first kappa shape index (κ1) is 22.7. The van der Waals surface area contributed by atoms with E-state index in [-0.39, 0.29) is 24.0 Å². The molecule has 2 aromatic rings. The Balaban J connectivity index is 1.75. The van der Waals surface area contributed by atoms with Crippen LogP contribution in [0.5, 0.6) is 0 Å². The van der Waals surface area contributed by atoms with E-state index in [1.54, 1.807) is 0 Å². The van der Waals surface area contributed by atoms with Crippen molar-refractivity contribution in [3.05, 3.63) is 62.3 Å². The highest BCUT2D eigenvalue weighted by Gasteiger charge is 2.38. The Bertz CT molecular complexity index is 929. The van der Waals surface area contributed by atoms with Gasteiger partial charge >= 0.3 is 0 Å². The highest BCUT2D eigenvalue weighted by molar-refractivity contribution is 9.10. The molecule has 1 aromatic carbocycles. The van der Waals surface area contributed by atoms with Gasteiger partial charge in [-0.1, -0.05) is 17.7 Å². The van der Waals surface area contributed by atoms with Gasteiger partial charge in [-0.3, -0.25) is 19.6 Å². The minimum absolute atomic E-state index is 0.0197. The fourth-order valence-corrected chi connectivity index (χ4v) is 5.24. The van der Waals surface area contributed by atoms with Gasteiger partial charge in [0.2, 0.25) is 5.91 Å². The average Bonchev–Trinajstić information content (AvgIpc) is 2.89. The second-order valence-electron chi connectivity index (χ2n) is 8.98. The number of carbonyl (C=O) groups is 1. The van der Waals surface area contributed by atoms with E-state index in [2.05, 4.69) is 64.8 Å². The number of hydrogen-bond acceptors (Lipinski definition) is 4. The number of hydrogen-bond donors (Lipinski definition) is 0. The number of piperazine rings is 1. The number of likely N-dealkylation sites (N-methyl/N-ethyl adjacent to an activating group) is 2. The quantitative estimate of drug-likeness (QED) is 0.628. The SMILES string of the molecule is CC(C)N(C)C(=O)[C@H]1CN([C@H]2c3ccc(Cl)cc3CCc3cc(Br)cnc32)CCN1C. The van der Waals surface area contributed by atoms with E-state index < -0.39 is 0 Å². The molecule has 1 amide bonds. The van der Waals surface area contributed by atoms with E-state index in [4.69, 9.17) is 16.6 Å². The molecule has 0 saturated carbocycles. The van der Waals surface area contributed by atoms with Crippen LogP contribution >= 0.6 is 27.5 Å². The maximum absolute atomic E-state index is 13.2. The molecular weight excluding hydrogens is 476 g/mol. The predicted molar refractivity (Wildman–Crippen MR) is 129 cm³/mol. The fraction of sp³-hybridized carbons (Fsp3) is 0.500. The minimum Gasteiger partial charge on any atom is -0.342 e. The molecule has 31 heavy (non-hydrogen) atoms. The Morgan fingerprint density at radius 3 is 2.71 bits per heavy atom. The lowest BCUT2D eigenvalue weighted by Crippen LogP contribution is -2.59. The lowest BCUT2D eigenvalue weighted by Gasteiger charge is -2.44. The number of halogens is 2. The molecule has 0 radical (unpaired) electrons. The van der Waals surface area contributed by atoms with Crippen molar-refractivity contribution in [1.82, 2.24) is 19.7 Å². The van der Waals surface area contributed by atoms with Crippen molar-refractivity contribution < 1.29 is 4.79 Å². The summed E-state index contributed by atoms with van der Waals surface area (Å²) >= 11 is 9.95. The first-order valence-electron chi connectivity index (χ1n) is 10.9. The Morgan fingerprint density at radius 2 is 1.97 bits per heavy atom. The fourth-order valence-electron chi connectivity index (χ4n) is 4.67. The van der Waals surface area contributed by atoms with Crippen molar-refractivity contribution >= 4 is 33.4 Å². The summed E-state index contributed by atoms with van der Waals surface area (Å²) in [5, 5.41) is 0.766. The molecule has 0 bridgehead atoms. The zero-order chi connectivity index (χ0) is 22.3. The van der Waals surface area contributed by atoms with Crippen molar-refractivity contribution in [2.75, 3.05) is 33.7 Å². The summed E-state index contributed by atoms with van der Waals surface area (Å²) in [5.74, 6) is 0.177. The highest BCUT2D eigenvalue weighted by Crippen LogP contribution is 2.38. The number of amides is 1. The number of aromatic nitrogens is 1. The van der Waals surface area contributed by atoms with Crippen LogP contribution in [-0.2, 0) is 17.6 Å². The molecule has 0 N–H and O–H groups in total. The number of fused-ring (bicyclic) bond motifs is 2. The first-order chi connectivity index (χ1) is 14.8. The molecule has 2 heterocycles. The molecule has 1 fully saturated rings. The third-order valence-corrected chi connectivity index (χ3v) is 7.41. The van der Waals surface area contributed by atoms with Gasteiger partial charge < -0.3 is 4.90 Å². The molecule has 1 saturated heterocycles. The van der Waals surface area contributed by atoms with E-state index in [9.17, 15) is 4.79 Å². The Hall–Kier alpha value is -1.47. The van der Waals surface area contributed by atoms with Crippen LogP contribution in [0.25, 0.3) is 0 Å². The number of aryl methyl sites for hydroxylation is 2. The van der Waals surface area contributed by atoms with E-state index in [1.807, 2.05) is 24.2 Å². The molecule has 1 aliphatic heterocycles. The molecule has 7 heteroatoms. The lowest BCUT2D eigenvalue weighted by atomic mass is 9.95. The maximum atomic E-state index is 13.2. The molecule has 0 spiro atoms. The molecule has 4 rings (SSSR count). The normalized spacial score (nSPS) is 22.0. The van der Waals surface area contributed by atoms with Crippen molar-refractivity contribution in [1.29, 1.82) is 0 Å². The van der Waals surface area contributed by atoms with Gasteiger partial charge in [-0.15, -0.1) is 0 Å². The largest absolute Gasteiger partial charge is 0.342 e. The average molecular weight is 506 g/mol. The number of rotatable bonds is 3. The van der Waals surface area contributed by atoms with Crippen molar-refractivity contribution in [3.63, 3.8) is 0 Å². The van der Waals surface area contributed by atoms with Gasteiger partial charge in [0.25, 0.3) is 0 Å². The molecule has 0 unspecified atom stereocenters. The third kappa shape index (κ3) is 4.54. The summed E-state index contributed by atoms with van der Waals surface area (Å²) in [6.45, 7) is 6.52. The molecule has 2 aliphatic rings. The summed E-state index contributed by atoms with van der Waals surface area (Å²) in [7, 11) is 3.95. The number of carbonyl (C=O) groups excluding carboxylic acids is 1. The molecule has 166 valence electrons. The highest BCUT2D eigenvalue weighted by atomic mass is 79.9. The lowest BCUT2D eigenvalue weighted by molar-refractivity contribution is -0.139. The second kappa shape index (κ2) is 9.18. The molecule has 1 aliphatic carbocycles. The van der Waals surface area contributed by atoms with Gasteiger partial charge in [0, 0.05) is 48.4 Å². The van der Waals surface area contributed by atoms with Crippen LogP contribution < -0.4 is 0 Å². The van der Waals surface area contributed by atoms with Crippen LogP contribution in [0, 0.1) is 0 Å². The smallest absolute Gasteiger partial charge is 0.241 e. The van der Waals surface area contributed by atoms with Crippen LogP contribution in [0.3, 0.4) is 0 Å².